The van der Waals surface area contributed by atoms with Crippen LogP contribution in [0.15, 0.2) is 30.3 Å². The van der Waals surface area contributed by atoms with Crippen molar-refractivity contribution in [1.29, 1.82) is 0 Å². The number of nitrogens with zero attached hydrogens (tertiary/aromatic N) is 1. The van der Waals surface area contributed by atoms with Gasteiger partial charge in [0.1, 0.15) is 5.54 Å². The molecule has 1 aliphatic carbocycles. The van der Waals surface area contributed by atoms with Crippen molar-refractivity contribution in [1.82, 2.24) is 10.3 Å². The minimum Gasteiger partial charge on any atom is -0.480 e. The summed E-state index contributed by atoms with van der Waals surface area (Å²) < 4.78 is 5.27. The van der Waals surface area contributed by atoms with Crippen LogP contribution in [0.2, 0.25) is 0 Å². The number of hydrogen-bond donors (Lipinski definition) is 2. The molecule has 2 fully saturated rings. The normalized spacial score (nSPS) is 19.5. The Kier molecular flexibility index (Phi) is 3.92. The molecular weight excluding hydrogens is 320 g/mol. The molecular formula is C19H20N2O4. The van der Waals surface area contributed by atoms with Crippen molar-refractivity contribution in [3.8, 4) is 0 Å². The van der Waals surface area contributed by atoms with Crippen LogP contribution in [0.4, 0.5) is 0 Å². The number of rotatable bonds is 4. The third-order valence-corrected chi connectivity index (χ3v) is 5.08. The number of pyridine rings is 1. The van der Waals surface area contributed by atoms with Crippen molar-refractivity contribution in [2.45, 2.75) is 37.1 Å². The highest BCUT2D eigenvalue weighted by molar-refractivity contribution is 6.07. The average molecular weight is 340 g/mol. The number of aliphatic carboxylic acids is 1. The maximum absolute atomic E-state index is 13.0. The molecule has 4 rings (SSSR count). The van der Waals surface area contributed by atoms with Gasteiger partial charge in [-0.1, -0.05) is 18.2 Å². The van der Waals surface area contributed by atoms with E-state index >= 15 is 0 Å². The monoisotopic (exact) mass is 340 g/mol. The first kappa shape index (κ1) is 16.0. The fourth-order valence-corrected chi connectivity index (χ4v) is 3.37. The summed E-state index contributed by atoms with van der Waals surface area (Å²) in [4.78, 5) is 29.5. The van der Waals surface area contributed by atoms with Gasteiger partial charge in [-0.05, 0) is 25.0 Å². The van der Waals surface area contributed by atoms with E-state index in [0.29, 0.717) is 24.7 Å². The van der Waals surface area contributed by atoms with Gasteiger partial charge in [0.2, 0.25) is 0 Å². The van der Waals surface area contributed by atoms with Crippen molar-refractivity contribution < 1.29 is 19.4 Å². The number of benzene rings is 1. The zero-order valence-electron chi connectivity index (χ0n) is 13.8. The molecule has 6 nitrogen and oxygen atoms in total. The number of aromatic nitrogens is 1. The highest BCUT2D eigenvalue weighted by atomic mass is 16.5. The second-order valence-corrected chi connectivity index (χ2v) is 6.84. The van der Waals surface area contributed by atoms with Gasteiger partial charge in [0.15, 0.2) is 0 Å². The lowest BCUT2D eigenvalue weighted by Crippen LogP contribution is -2.57. The Balaban J connectivity index is 1.72. The molecule has 0 radical (unpaired) electrons. The van der Waals surface area contributed by atoms with E-state index in [1.54, 1.807) is 0 Å². The number of fused-ring (bicyclic) bond motifs is 1. The zero-order valence-corrected chi connectivity index (χ0v) is 13.8. The van der Waals surface area contributed by atoms with Crippen LogP contribution in [-0.2, 0) is 9.53 Å². The maximum Gasteiger partial charge on any atom is 0.329 e. The Labute approximate surface area is 145 Å². The Hall–Kier alpha value is -2.47. The van der Waals surface area contributed by atoms with Crippen LogP contribution in [0.3, 0.4) is 0 Å². The number of carbonyl (C=O) groups excluding carboxylic acids is 1. The average Bonchev–Trinajstić information content (AvgIpc) is 3.46. The molecule has 2 aromatic rings. The van der Waals surface area contributed by atoms with Gasteiger partial charge >= 0.3 is 5.97 Å². The lowest BCUT2D eigenvalue weighted by molar-refractivity contribution is -0.148. The summed E-state index contributed by atoms with van der Waals surface area (Å²) in [5.41, 5.74) is 0.924. The van der Waals surface area contributed by atoms with Crippen molar-refractivity contribution in [3.63, 3.8) is 0 Å². The molecule has 1 aromatic carbocycles. The van der Waals surface area contributed by atoms with E-state index in [2.05, 4.69) is 10.3 Å². The van der Waals surface area contributed by atoms with Gasteiger partial charge in [-0.15, -0.1) is 0 Å². The molecule has 2 N–H and O–H groups in total. The molecule has 2 heterocycles. The van der Waals surface area contributed by atoms with E-state index < -0.39 is 11.5 Å². The van der Waals surface area contributed by atoms with Crippen LogP contribution in [0.1, 0.15) is 47.7 Å². The lowest BCUT2D eigenvalue weighted by atomic mass is 9.89. The standard InChI is InChI=1S/C19H20N2O4/c22-17(21-19(18(23)24)7-9-25-10-8-19)14-11-16(12-5-6-12)20-15-4-2-1-3-13(14)15/h1-4,11-12H,5-10H2,(H,21,22)(H,23,24). The Morgan fingerprint density at radius 1 is 1.20 bits per heavy atom. The van der Waals surface area contributed by atoms with Crippen molar-refractivity contribution in [3.05, 3.63) is 41.6 Å². The molecule has 130 valence electrons. The molecule has 0 spiro atoms. The predicted molar refractivity (Wildman–Crippen MR) is 91.6 cm³/mol. The number of nitrogens with one attached hydrogen (secondary N) is 1. The van der Waals surface area contributed by atoms with Crippen LogP contribution in [0, 0.1) is 0 Å². The molecule has 6 heteroatoms. The smallest absolute Gasteiger partial charge is 0.329 e. The Morgan fingerprint density at radius 2 is 1.92 bits per heavy atom. The molecule has 0 atom stereocenters. The second-order valence-electron chi connectivity index (χ2n) is 6.84. The zero-order chi connectivity index (χ0) is 17.4. The minimum atomic E-state index is -1.26. The van der Waals surface area contributed by atoms with Crippen molar-refractivity contribution in [2.75, 3.05) is 13.2 Å². The van der Waals surface area contributed by atoms with E-state index in [9.17, 15) is 14.7 Å². The number of para-hydroxylation sites is 1. The minimum absolute atomic E-state index is 0.270. The van der Waals surface area contributed by atoms with Crippen LogP contribution in [0.25, 0.3) is 10.9 Å². The third-order valence-electron chi connectivity index (χ3n) is 5.08. The Bertz CT molecular complexity index is 838. The van der Waals surface area contributed by atoms with E-state index in [0.717, 1.165) is 29.4 Å². The molecule has 2 aliphatic rings. The van der Waals surface area contributed by atoms with E-state index in [4.69, 9.17) is 4.74 Å². The van der Waals surface area contributed by atoms with Crippen molar-refractivity contribution >= 4 is 22.8 Å². The van der Waals surface area contributed by atoms with Gasteiger partial charge in [-0.2, -0.15) is 0 Å². The highest BCUT2D eigenvalue weighted by Gasteiger charge is 2.42. The number of hydrogen-bond acceptors (Lipinski definition) is 4. The maximum atomic E-state index is 13.0. The summed E-state index contributed by atoms with van der Waals surface area (Å²) in [6, 6.07) is 9.32. The van der Waals surface area contributed by atoms with Crippen LogP contribution < -0.4 is 5.32 Å². The number of ether oxygens (including phenoxy) is 1. The molecule has 1 amide bonds. The summed E-state index contributed by atoms with van der Waals surface area (Å²) in [6.45, 7) is 0.661. The first-order chi connectivity index (χ1) is 12.1. The van der Waals surface area contributed by atoms with Gasteiger partial charge in [0.25, 0.3) is 5.91 Å². The number of carbonyl (C=O) groups is 2. The van der Waals surface area contributed by atoms with Gasteiger partial charge in [-0.25, -0.2) is 4.79 Å². The van der Waals surface area contributed by atoms with Gasteiger partial charge in [0.05, 0.1) is 11.1 Å². The fourth-order valence-electron chi connectivity index (χ4n) is 3.37. The molecule has 1 saturated carbocycles. The number of carboxylic acids is 1. The summed E-state index contributed by atoms with van der Waals surface area (Å²) in [7, 11) is 0. The van der Waals surface area contributed by atoms with Gasteiger partial charge in [-0.3, -0.25) is 9.78 Å². The molecule has 1 saturated heterocycles. The first-order valence-electron chi connectivity index (χ1n) is 8.62. The molecule has 0 bridgehead atoms. The Morgan fingerprint density at radius 3 is 2.60 bits per heavy atom. The molecule has 0 unspecified atom stereocenters. The largest absolute Gasteiger partial charge is 0.480 e. The number of carboxylic acid groups (broad SMARTS) is 1. The lowest BCUT2D eigenvalue weighted by Gasteiger charge is -2.34. The predicted octanol–water partition coefficient (Wildman–Crippen LogP) is 2.48. The van der Waals surface area contributed by atoms with Crippen LogP contribution in [-0.4, -0.2) is 40.7 Å². The highest BCUT2D eigenvalue weighted by Crippen LogP contribution is 2.40. The van der Waals surface area contributed by atoms with Gasteiger partial charge in [0, 0.05) is 43.1 Å². The summed E-state index contributed by atoms with van der Waals surface area (Å²) in [5.74, 6) is -0.956. The molecule has 25 heavy (non-hydrogen) atoms. The second kappa shape index (κ2) is 6.11. The summed E-state index contributed by atoms with van der Waals surface area (Å²) >= 11 is 0. The summed E-state index contributed by atoms with van der Waals surface area (Å²) in [5, 5.41) is 13.2. The topological polar surface area (TPSA) is 88.5 Å². The van der Waals surface area contributed by atoms with Crippen LogP contribution >= 0.6 is 0 Å². The number of amides is 1. The van der Waals surface area contributed by atoms with Crippen molar-refractivity contribution in [2.24, 2.45) is 0 Å². The summed E-state index contributed by atoms with van der Waals surface area (Å²) in [6.07, 6.45) is 2.71. The van der Waals surface area contributed by atoms with E-state index in [1.807, 2.05) is 30.3 Å². The SMILES string of the molecule is O=C(NC1(C(=O)O)CCOCC1)c1cc(C2CC2)nc2ccccc12. The van der Waals surface area contributed by atoms with E-state index in [1.165, 1.54) is 0 Å². The first-order valence-corrected chi connectivity index (χ1v) is 8.62. The molecule has 1 aromatic heterocycles. The van der Waals surface area contributed by atoms with E-state index in [-0.39, 0.29) is 18.7 Å². The quantitative estimate of drug-likeness (QED) is 0.893. The fraction of sp³-hybridized carbons (Fsp3) is 0.421. The van der Waals surface area contributed by atoms with Gasteiger partial charge < -0.3 is 15.2 Å². The molecule has 1 aliphatic heterocycles. The third kappa shape index (κ3) is 2.98. The van der Waals surface area contributed by atoms with Crippen LogP contribution in [0.5, 0.6) is 0 Å².